The van der Waals surface area contributed by atoms with Crippen molar-refractivity contribution >= 4 is 29.5 Å². The summed E-state index contributed by atoms with van der Waals surface area (Å²) < 4.78 is 0. The van der Waals surface area contributed by atoms with Crippen LogP contribution in [0.25, 0.3) is 0 Å². The molecule has 0 aromatic heterocycles. The smallest absolute Gasteiger partial charge is 0.255 e. The third kappa shape index (κ3) is 5.07. The van der Waals surface area contributed by atoms with Gasteiger partial charge in [-0.15, -0.1) is 11.8 Å². The lowest BCUT2D eigenvalue weighted by molar-refractivity contribution is -0.136. The molecule has 2 aromatic rings. The zero-order valence-electron chi connectivity index (χ0n) is 19.7. The van der Waals surface area contributed by atoms with Crippen LogP contribution in [0.15, 0.2) is 47.4 Å². The third-order valence-electron chi connectivity index (χ3n) is 7.51. The number of fused-ring (bicyclic) bond motifs is 1. The van der Waals surface area contributed by atoms with Gasteiger partial charge < -0.3 is 4.90 Å². The highest BCUT2D eigenvalue weighted by Gasteiger charge is 2.39. The van der Waals surface area contributed by atoms with Gasteiger partial charge in [-0.25, -0.2) is 0 Å². The van der Waals surface area contributed by atoms with Crippen LogP contribution >= 0.6 is 11.8 Å². The normalized spacial score (nSPS) is 20.9. The number of carbonyl (C=O) groups is 3. The Morgan fingerprint density at radius 3 is 2.53 bits per heavy atom. The van der Waals surface area contributed by atoms with Gasteiger partial charge in [0.1, 0.15) is 6.04 Å². The zero-order chi connectivity index (χ0) is 23.7. The SMILES string of the molecule is C[C@@H](CCCc1ccc(CSc2cccc3c2CN(C2CCC(=O)NC2=O)C3=O)cc1)C1CC1. The van der Waals surface area contributed by atoms with Crippen LogP contribution < -0.4 is 5.32 Å². The van der Waals surface area contributed by atoms with Gasteiger partial charge in [0.15, 0.2) is 0 Å². The molecule has 34 heavy (non-hydrogen) atoms. The number of rotatable bonds is 9. The van der Waals surface area contributed by atoms with E-state index < -0.39 is 6.04 Å². The molecule has 2 fully saturated rings. The fraction of sp³-hybridized carbons (Fsp3) is 0.464. The molecule has 0 radical (unpaired) electrons. The van der Waals surface area contributed by atoms with Gasteiger partial charge in [0.2, 0.25) is 11.8 Å². The Kier molecular flexibility index (Phi) is 6.77. The second-order valence-electron chi connectivity index (χ2n) is 9.99. The van der Waals surface area contributed by atoms with E-state index in [4.69, 9.17) is 0 Å². The molecule has 5 rings (SSSR count). The van der Waals surface area contributed by atoms with Gasteiger partial charge in [0.05, 0.1) is 0 Å². The fourth-order valence-electron chi connectivity index (χ4n) is 5.18. The molecule has 2 aromatic carbocycles. The number of imide groups is 1. The number of benzene rings is 2. The average Bonchev–Trinajstić information content (AvgIpc) is 3.63. The number of thioether (sulfide) groups is 1. The van der Waals surface area contributed by atoms with Gasteiger partial charge in [-0.1, -0.05) is 43.7 Å². The summed E-state index contributed by atoms with van der Waals surface area (Å²) in [6, 6.07) is 14.2. The van der Waals surface area contributed by atoms with Gasteiger partial charge in [-0.3, -0.25) is 19.7 Å². The van der Waals surface area contributed by atoms with E-state index in [1.165, 1.54) is 36.8 Å². The molecule has 2 aliphatic heterocycles. The van der Waals surface area contributed by atoms with E-state index >= 15 is 0 Å². The van der Waals surface area contributed by atoms with E-state index in [9.17, 15) is 14.4 Å². The summed E-state index contributed by atoms with van der Waals surface area (Å²) in [5.74, 6) is 1.95. The van der Waals surface area contributed by atoms with Crippen LogP contribution in [0.4, 0.5) is 0 Å². The summed E-state index contributed by atoms with van der Waals surface area (Å²) in [5, 5.41) is 2.37. The summed E-state index contributed by atoms with van der Waals surface area (Å²) in [4.78, 5) is 39.5. The molecule has 0 bridgehead atoms. The Morgan fingerprint density at radius 1 is 1.03 bits per heavy atom. The topological polar surface area (TPSA) is 66.5 Å². The maximum atomic E-state index is 13.0. The van der Waals surface area contributed by atoms with Crippen molar-refractivity contribution in [3.05, 3.63) is 64.7 Å². The molecular formula is C28H32N2O3S. The molecule has 5 nitrogen and oxygen atoms in total. The van der Waals surface area contributed by atoms with Crippen molar-refractivity contribution in [2.45, 2.75) is 75.1 Å². The Bertz CT molecular complexity index is 1090. The van der Waals surface area contributed by atoms with Crippen LogP contribution in [0.5, 0.6) is 0 Å². The molecule has 0 spiro atoms. The number of nitrogens with zero attached hydrogens (tertiary/aromatic N) is 1. The lowest BCUT2D eigenvalue weighted by Crippen LogP contribution is -2.52. The molecular weight excluding hydrogens is 444 g/mol. The van der Waals surface area contributed by atoms with Crippen molar-refractivity contribution in [2.75, 3.05) is 0 Å². The molecule has 178 valence electrons. The second kappa shape index (κ2) is 9.95. The highest BCUT2D eigenvalue weighted by Crippen LogP contribution is 2.39. The molecule has 2 atom stereocenters. The highest BCUT2D eigenvalue weighted by atomic mass is 32.2. The summed E-state index contributed by atoms with van der Waals surface area (Å²) in [5.41, 5.74) is 4.33. The van der Waals surface area contributed by atoms with E-state index in [1.54, 1.807) is 16.7 Å². The minimum atomic E-state index is -0.574. The van der Waals surface area contributed by atoms with Gasteiger partial charge in [-0.05, 0) is 72.8 Å². The number of amides is 3. The molecule has 1 saturated carbocycles. The first-order chi connectivity index (χ1) is 16.5. The molecule has 2 heterocycles. The number of aryl methyl sites for hydroxylation is 1. The minimum Gasteiger partial charge on any atom is -0.322 e. The van der Waals surface area contributed by atoms with Crippen molar-refractivity contribution in [1.82, 2.24) is 10.2 Å². The molecule has 6 heteroatoms. The van der Waals surface area contributed by atoms with E-state index in [0.29, 0.717) is 18.5 Å². The van der Waals surface area contributed by atoms with Crippen molar-refractivity contribution < 1.29 is 14.4 Å². The van der Waals surface area contributed by atoms with Crippen molar-refractivity contribution in [3.8, 4) is 0 Å². The Morgan fingerprint density at radius 2 is 1.79 bits per heavy atom. The quantitative estimate of drug-likeness (QED) is 0.404. The maximum Gasteiger partial charge on any atom is 0.255 e. The minimum absolute atomic E-state index is 0.118. The number of piperidine rings is 1. The van der Waals surface area contributed by atoms with Crippen LogP contribution in [0.2, 0.25) is 0 Å². The summed E-state index contributed by atoms with van der Waals surface area (Å²) in [6.07, 6.45) is 7.26. The van der Waals surface area contributed by atoms with Gasteiger partial charge in [-0.2, -0.15) is 0 Å². The number of hydrogen-bond donors (Lipinski definition) is 1. The van der Waals surface area contributed by atoms with Crippen LogP contribution in [-0.2, 0) is 28.3 Å². The van der Waals surface area contributed by atoms with Gasteiger partial charge in [0.25, 0.3) is 5.91 Å². The third-order valence-corrected chi connectivity index (χ3v) is 8.68. The Balaban J connectivity index is 1.18. The Hall–Kier alpha value is -2.60. The van der Waals surface area contributed by atoms with E-state index in [0.717, 1.165) is 34.5 Å². The molecule has 1 aliphatic carbocycles. The summed E-state index contributed by atoms with van der Waals surface area (Å²) >= 11 is 1.74. The Labute approximate surface area is 205 Å². The zero-order valence-corrected chi connectivity index (χ0v) is 20.5. The first-order valence-corrected chi connectivity index (χ1v) is 13.5. The predicted octanol–water partition coefficient (Wildman–Crippen LogP) is 5.11. The van der Waals surface area contributed by atoms with E-state index in [1.807, 2.05) is 12.1 Å². The highest BCUT2D eigenvalue weighted by molar-refractivity contribution is 7.98. The van der Waals surface area contributed by atoms with Gasteiger partial charge >= 0.3 is 0 Å². The summed E-state index contributed by atoms with van der Waals surface area (Å²) in [7, 11) is 0. The van der Waals surface area contributed by atoms with Gasteiger partial charge in [0, 0.05) is 29.2 Å². The standard InChI is InChI=1S/C28H32N2O3S/c1-18(21-12-13-21)4-2-5-19-8-10-20(11-9-19)17-34-25-7-3-6-22-23(25)16-30(28(22)33)24-14-15-26(31)29-27(24)32/h3,6-11,18,21,24H,2,4-5,12-17H2,1H3,(H,29,31,32)/t18-,24?/m0/s1. The number of carbonyl (C=O) groups excluding carboxylic acids is 3. The van der Waals surface area contributed by atoms with Crippen LogP contribution in [0, 0.1) is 11.8 Å². The second-order valence-corrected chi connectivity index (χ2v) is 11.0. The molecule has 1 unspecified atom stereocenters. The largest absolute Gasteiger partial charge is 0.322 e. The average molecular weight is 477 g/mol. The van der Waals surface area contributed by atoms with Crippen molar-refractivity contribution in [2.24, 2.45) is 11.8 Å². The predicted molar refractivity (Wildman–Crippen MR) is 133 cm³/mol. The van der Waals surface area contributed by atoms with Crippen LogP contribution in [0.3, 0.4) is 0 Å². The lowest BCUT2D eigenvalue weighted by atomic mass is 9.97. The van der Waals surface area contributed by atoms with E-state index in [2.05, 4.69) is 42.6 Å². The van der Waals surface area contributed by atoms with Crippen molar-refractivity contribution in [1.29, 1.82) is 0 Å². The van der Waals surface area contributed by atoms with Crippen LogP contribution in [0.1, 0.15) is 72.5 Å². The molecule has 1 N–H and O–H groups in total. The fourth-order valence-corrected chi connectivity index (χ4v) is 6.22. The van der Waals surface area contributed by atoms with Crippen molar-refractivity contribution in [3.63, 3.8) is 0 Å². The lowest BCUT2D eigenvalue weighted by Gasteiger charge is -2.29. The number of nitrogens with one attached hydrogen (secondary N) is 1. The molecule has 3 amide bonds. The number of hydrogen-bond acceptors (Lipinski definition) is 4. The van der Waals surface area contributed by atoms with E-state index in [-0.39, 0.29) is 24.1 Å². The maximum absolute atomic E-state index is 13.0. The summed E-state index contributed by atoms with van der Waals surface area (Å²) in [6.45, 7) is 2.82. The first-order valence-electron chi connectivity index (χ1n) is 12.5. The molecule has 3 aliphatic rings. The molecule has 1 saturated heterocycles. The van der Waals surface area contributed by atoms with Crippen LogP contribution in [-0.4, -0.2) is 28.7 Å². The first kappa shape index (κ1) is 23.2. The monoisotopic (exact) mass is 476 g/mol.